The maximum atomic E-state index is 3.32. The van der Waals surface area contributed by atoms with E-state index in [1.165, 1.54) is 11.1 Å². The van der Waals surface area contributed by atoms with E-state index in [0.717, 1.165) is 25.7 Å². The Labute approximate surface area is 74.0 Å². The van der Waals surface area contributed by atoms with Crippen molar-refractivity contribution in [1.29, 1.82) is 0 Å². The van der Waals surface area contributed by atoms with Gasteiger partial charge in [-0.1, -0.05) is 24.3 Å². The SMILES string of the molecule is [C]1=C(CCC2=[C]CC=C2)C=CC1. The fraction of sp³-hybridized carbons (Fsp3) is 0.333. The van der Waals surface area contributed by atoms with Crippen LogP contribution in [0.4, 0.5) is 0 Å². The molecule has 0 saturated heterocycles. The molecule has 0 bridgehead atoms. The van der Waals surface area contributed by atoms with Crippen molar-refractivity contribution in [2.45, 2.75) is 25.7 Å². The van der Waals surface area contributed by atoms with Crippen molar-refractivity contribution < 1.29 is 0 Å². The van der Waals surface area contributed by atoms with Gasteiger partial charge < -0.3 is 0 Å². The summed E-state index contributed by atoms with van der Waals surface area (Å²) in [6, 6.07) is 0. The smallest absolute Gasteiger partial charge is 0.00885 e. The number of hydrogen-bond acceptors (Lipinski definition) is 0. The first-order valence-electron chi connectivity index (χ1n) is 4.47. The summed E-state index contributed by atoms with van der Waals surface area (Å²) in [4.78, 5) is 0. The second-order valence-electron chi connectivity index (χ2n) is 3.12. The number of hydrogen-bond donors (Lipinski definition) is 0. The molecule has 2 aliphatic rings. The minimum absolute atomic E-state index is 1.01. The Balaban J connectivity index is 1.81. The molecule has 0 nitrogen and oxygen atoms in total. The molecule has 60 valence electrons. The topological polar surface area (TPSA) is 0 Å². The second kappa shape index (κ2) is 3.57. The van der Waals surface area contributed by atoms with Crippen LogP contribution in [-0.2, 0) is 0 Å². The Bertz CT molecular complexity index is 244. The molecule has 12 heavy (non-hydrogen) atoms. The molecule has 2 rings (SSSR count). The fourth-order valence-electron chi connectivity index (χ4n) is 1.51. The highest BCUT2D eigenvalue weighted by atomic mass is 14.1. The highest BCUT2D eigenvalue weighted by molar-refractivity contribution is 5.27. The molecule has 0 atom stereocenters. The van der Waals surface area contributed by atoms with Crippen LogP contribution in [-0.4, -0.2) is 0 Å². The van der Waals surface area contributed by atoms with Gasteiger partial charge in [-0.2, -0.15) is 0 Å². The summed E-state index contributed by atoms with van der Waals surface area (Å²) in [5, 5.41) is 0. The molecule has 0 unspecified atom stereocenters. The first kappa shape index (κ1) is 7.60. The number of rotatable bonds is 3. The Morgan fingerprint density at radius 1 is 0.917 bits per heavy atom. The third-order valence-electron chi connectivity index (χ3n) is 2.20. The Hall–Kier alpha value is -1.04. The van der Waals surface area contributed by atoms with Gasteiger partial charge in [0.15, 0.2) is 0 Å². The van der Waals surface area contributed by atoms with Crippen LogP contribution >= 0.6 is 0 Å². The quantitative estimate of drug-likeness (QED) is 0.589. The minimum Gasteiger partial charge on any atom is -0.0798 e. The van der Waals surface area contributed by atoms with Crippen LogP contribution in [0.2, 0.25) is 0 Å². The summed E-state index contributed by atoms with van der Waals surface area (Å²) < 4.78 is 0. The molecule has 0 saturated carbocycles. The first-order chi connectivity index (χ1) is 5.95. The van der Waals surface area contributed by atoms with E-state index >= 15 is 0 Å². The van der Waals surface area contributed by atoms with Crippen LogP contribution in [0.1, 0.15) is 25.7 Å². The molecular weight excluding hydrogens is 144 g/mol. The predicted molar refractivity (Wildman–Crippen MR) is 50.3 cm³/mol. The van der Waals surface area contributed by atoms with Gasteiger partial charge >= 0.3 is 0 Å². The van der Waals surface area contributed by atoms with Crippen molar-refractivity contribution in [2.24, 2.45) is 0 Å². The summed E-state index contributed by atoms with van der Waals surface area (Å²) in [7, 11) is 0. The highest BCUT2D eigenvalue weighted by Crippen LogP contribution is 2.20. The van der Waals surface area contributed by atoms with Gasteiger partial charge in [0, 0.05) is 0 Å². The monoisotopic (exact) mass is 156 g/mol. The Morgan fingerprint density at radius 3 is 1.75 bits per heavy atom. The highest BCUT2D eigenvalue weighted by Gasteiger charge is 2.01. The van der Waals surface area contributed by atoms with Crippen LogP contribution in [0, 0.1) is 12.2 Å². The third kappa shape index (κ3) is 1.76. The fourth-order valence-corrected chi connectivity index (χ4v) is 1.51. The molecule has 0 aliphatic heterocycles. The molecule has 2 radical (unpaired) electrons. The van der Waals surface area contributed by atoms with Gasteiger partial charge in [0.1, 0.15) is 0 Å². The summed E-state index contributed by atoms with van der Waals surface area (Å²) in [6.07, 6.45) is 19.6. The summed E-state index contributed by atoms with van der Waals surface area (Å²) in [5.41, 5.74) is 2.73. The molecule has 0 amide bonds. The van der Waals surface area contributed by atoms with Crippen molar-refractivity contribution in [3.63, 3.8) is 0 Å². The van der Waals surface area contributed by atoms with Crippen LogP contribution in [0.3, 0.4) is 0 Å². The zero-order valence-corrected chi connectivity index (χ0v) is 7.14. The van der Waals surface area contributed by atoms with Gasteiger partial charge in [-0.15, -0.1) is 0 Å². The van der Waals surface area contributed by atoms with E-state index in [4.69, 9.17) is 0 Å². The molecule has 0 N–H and O–H groups in total. The summed E-state index contributed by atoms with van der Waals surface area (Å²) >= 11 is 0. The van der Waals surface area contributed by atoms with E-state index in [1.807, 2.05) is 0 Å². The van der Waals surface area contributed by atoms with Crippen molar-refractivity contribution in [2.75, 3.05) is 0 Å². The van der Waals surface area contributed by atoms with Crippen molar-refractivity contribution in [3.05, 3.63) is 47.6 Å². The average molecular weight is 156 g/mol. The molecule has 2 aliphatic carbocycles. The molecule has 0 heteroatoms. The Morgan fingerprint density at radius 2 is 1.42 bits per heavy atom. The lowest BCUT2D eigenvalue weighted by molar-refractivity contribution is 0.964. The van der Waals surface area contributed by atoms with Crippen LogP contribution < -0.4 is 0 Å². The molecular formula is C12H12. The van der Waals surface area contributed by atoms with E-state index < -0.39 is 0 Å². The van der Waals surface area contributed by atoms with Gasteiger partial charge in [0.2, 0.25) is 0 Å². The lowest BCUT2D eigenvalue weighted by atomic mass is 10.1. The molecule has 0 aromatic carbocycles. The second-order valence-corrected chi connectivity index (χ2v) is 3.12. The third-order valence-corrected chi connectivity index (χ3v) is 2.20. The maximum Gasteiger partial charge on any atom is -0.00885 e. The predicted octanol–water partition coefficient (Wildman–Crippen LogP) is 3.15. The van der Waals surface area contributed by atoms with Gasteiger partial charge in [-0.3, -0.25) is 0 Å². The van der Waals surface area contributed by atoms with Crippen molar-refractivity contribution in [1.82, 2.24) is 0 Å². The van der Waals surface area contributed by atoms with Crippen LogP contribution in [0.25, 0.3) is 0 Å². The van der Waals surface area contributed by atoms with Crippen LogP contribution in [0.15, 0.2) is 35.5 Å². The van der Waals surface area contributed by atoms with Crippen molar-refractivity contribution in [3.8, 4) is 0 Å². The molecule has 0 spiro atoms. The van der Waals surface area contributed by atoms with Gasteiger partial charge in [-0.05, 0) is 49.0 Å². The van der Waals surface area contributed by atoms with Gasteiger partial charge in [0.25, 0.3) is 0 Å². The van der Waals surface area contributed by atoms with E-state index in [1.54, 1.807) is 0 Å². The van der Waals surface area contributed by atoms with E-state index in [-0.39, 0.29) is 0 Å². The Kier molecular flexibility index (Phi) is 2.26. The van der Waals surface area contributed by atoms with Gasteiger partial charge in [0.05, 0.1) is 0 Å². The lowest BCUT2D eigenvalue weighted by Gasteiger charge is -1.98. The lowest BCUT2D eigenvalue weighted by Crippen LogP contribution is -1.80. The van der Waals surface area contributed by atoms with Crippen molar-refractivity contribution >= 4 is 0 Å². The summed E-state index contributed by atoms with van der Waals surface area (Å²) in [5.74, 6) is 0. The van der Waals surface area contributed by atoms with E-state index in [9.17, 15) is 0 Å². The first-order valence-corrected chi connectivity index (χ1v) is 4.47. The summed E-state index contributed by atoms with van der Waals surface area (Å²) in [6.45, 7) is 0. The van der Waals surface area contributed by atoms with Crippen LogP contribution in [0.5, 0.6) is 0 Å². The average Bonchev–Trinajstić information content (AvgIpc) is 2.74. The van der Waals surface area contributed by atoms with Gasteiger partial charge in [-0.25, -0.2) is 0 Å². The standard InChI is InChI=1S/C12H12/c1-2-6-11(5-1)9-10-12-7-3-4-8-12/h1,3,5,7H,2,4,9-10H2. The molecule has 0 fully saturated rings. The maximum absolute atomic E-state index is 3.32. The zero-order chi connectivity index (χ0) is 8.23. The molecule has 0 aromatic heterocycles. The molecule has 0 aromatic rings. The van der Waals surface area contributed by atoms with E-state index in [0.29, 0.717) is 0 Å². The normalized spacial score (nSPS) is 20.0. The zero-order valence-electron chi connectivity index (χ0n) is 7.14. The minimum atomic E-state index is 1.01. The molecule has 0 heterocycles. The van der Waals surface area contributed by atoms with E-state index in [2.05, 4.69) is 36.5 Å². The number of allylic oxidation sites excluding steroid dienone is 8. The largest absolute Gasteiger partial charge is 0.0798 e.